The third-order valence-corrected chi connectivity index (χ3v) is 4.79. The van der Waals surface area contributed by atoms with Gasteiger partial charge in [0.05, 0.1) is 0 Å². The minimum absolute atomic E-state index is 0.428. The van der Waals surface area contributed by atoms with Crippen molar-refractivity contribution in [1.82, 2.24) is 20.6 Å². The van der Waals surface area contributed by atoms with Crippen molar-refractivity contribution >= 4 is 87.0 Å². The van der Waals surface area contributed by atoms with E-state index in [0.717, 1.165) is 0 Å². The second-order valence-corrected chi connectivity index (χ2v) is 10.9. The lowest BCUT2D eigenvalue weighted by molar-refractivity contribution is -0.741. The van der Waals surface area contributed by atoms with Crippen LogP contribution in [0.2, 0.25) is 0 Å². The van der Waals surface area contributed by atoms with Crippen LogP contribution < -0.4 is 0 Å². The molecule has 0 aliphatic carbocycles. The minimum Gasteiger partial charge on any atom is -0.593 e. The van der Waals surface area contributed by atoms with E-state index < -0.39 is 49.8 Å². The van der Waals surface area contributed by atoms with Gasteiger partial charge in [0.2, 0.25) is 0 Å². The number of hydroxylamine groups is 2. The summed E-state index contributed by atoms with van der Waals surface area (Å²) in [6.45, 7) is 0. The van der Waals surface area contributed by atoms with Gasteiger partial charge in [0.15, 0.2) is 0 Å². The van der Waals surface area contributed by atoms with E-state index in [2.05, 4.69) is 114 Å². The van der Waals surface area contributed by atoms with Gasteiger partial charge < -0.3 is 10.4 Å². The molecular formula is C6Br4N12O8. The van der Waals surface area contributed by atoms with Crippen LogP contribution in [0.1, 0.15) is 0 Å². The zero-order chi connectivity index (χ0) is 22.7. The van der Waals surface area contributed by atoms with E-state index in [1.807, 2.05) is 0 Å². The highest BCUT2D eigenvalue weighted by molar-refractivity contribution is 9.25. The van der Waals surface area contributed by atoms with Crippen molar-refractivity contribution in [2.24, 2.45) is 20.5 Å². The summed E-state index contributed by atoms with van der Waals surface area (Å²) in [6, 6.07) is 0. The number of halogens is 4. The number of rotatable bonds is 8. The molecule has 20 nitrogen and oxygen atoms in total. The molecule has 0 aromatic carbocycles. The molecule has 2 aromatic heterocycles. The van der Waals surface area contributed by atoms with Gasteiger partial charge in [-0.05, 0) is 20.6 Å². The summed E-state index contributed by atoms with van der Waals surface area (Å²) in [5.74, 6) is -2.37. The zero-order valence-corrected chi connectivity index (χ0v) is 19.5. The van der Waals surface area contributed by atoms with Crippen LogP contribution in [0.4, 0.5) is 23.3 Å². The van der Waals surface area contributed by atoms with E-state index in [9.17, 15) is 30.6 Å². The lowest BCUT2D eigenvalue weighted by Gasteiger charge is -2.07. The van der Waals surface area contributed by atoms with Crippen molar-refractivity contribution in [2.45, 2.75) is 6.96 Å². The smallest absolute Gasteiger partial charge is 0.545 e. The molecule has 0 radical (unpaired) electrons. The van der Waals surface area contributed by atoms with Gasteiger partial charge in [0, 0.05) is 19.9 Å². The zero-order valence-electron chi connectivity index (χ0n) is 13.1. The second kappa shape index (κ2) is 9.04. The van der Waals surface area contributed by atoms with Crippen LogP contribution >= 0.6 is 63.7 Å². The summed E-state index contributed by atoms with van der Waals surface area (Å²) >= 11 is 9.93. The average Bonchev–Trinajstić information content (AvgIpc) is 3.28. The second-order valence-electron chi connectivity index (χ2n) is 4.30. The molecule has 0 spiro atoms. The van der Waals surface area contributed by atoms with Crippen LogP contribution in [0.25, 0.3) is 0 Å². The maximum atomic E-state index is 11.8. The van der Waals surface area contributed by atoms with Crippen molar-refractivity contribution in [1.29, 1.82) is 0 Å². The van der Waals surface area contributed by atoms with Gasteiger partial charge in [-0.15, -0.1) is 10.2 Å². The average molecular weight is 688 g/mol. The topological polar surface area (TPSA) is 266 Å². The number of azo groups is 3. The number of alkyl halides is 4. The predicted molar refractivity (Wildman–Crippen MR) is 99.4 cm³/mol. The van der Waals surface area contributed by atoms with Gasteiger partial charge in [-0.1, -0.05) is 0 Å². The molecule has 2 heterocycles. The van der Waals surface area contributed by atoms with Crippen LogP contribution in [-0.2, 0) is 0 Å². The van der Waals surface area contributed by atoms with E-state index in [1.165, 1.54) is 0 Å². The highest BCUT2D eigenvalue weighted by atomic mass is 79.9. The van der Waals surface area contributed by atoms with Crippen molar-refractivity contribution in [2.75, 3.05) is 0 Å². The molecule has 0 N–H and O–H groups in total. The molecule has 0 fully saturated rings. The Kier molecular flexibility index (Phi) is 7.14. The summed E-state index contributed by atoms with van der Waals surface area (Å²) in [5, 5.41) is 71.4. The lowest BCUT2D eigenvalue weighted by atomic mass is 10.6. The maximum Gasteiger partial charge on any atom is 0.545 e. The van der Waals surface area contributed by atoms with Gasteiger partial charge >= 0.3 is 18.6 Å². The van der Waals surface area contributed by atoms with Crippen molar-refractivity contribution < 1.29 is 28.8 Å². The van der Waals surface area contributed by atoms with E-state index in [-0.39, 0.29) is 0 Å². The summed E-state index contributed by atoms with van der Waals surface area (Å²) in [7, 11) is 0. The Labute approximate surface area is 194 Å². The van der Waals surface area contributed by atoms with E-state index in [0.29, 0.717) is 0 Å². The third-order valence-electron chi connectivity index (χ3n) is 2.42. The molecule has 0 bridgehead atoms. The first-order chi connectivity index (χ1) is 13.9. The van der Waals surface area contributed by atoms with Crippen molar-refractivity contribution in [3.8, 4) is 0 Å². The van der Waals surface area contributed by atoms with Crippen LogP contribution in [0, 0.1) is 30.6 Å². The van der Waals surface area contributed by atoms with E-state index in [1.54, 1.807) is 0 Å². The van der Waals surface area contributed by atoms with E-state index >= 15 is 0 Å². The number of hydrogen-bond acceptors (Lipinski definition) is 16. The third kappa shape index (κ3) is 5.11. The largest absolute Gasteiger partial charge is 0.593 e. The fourth-order valence-electron chi connectivity index (χ4n) is 1.14. The molecule has 0 aliphatic rings. The summed E-state index contributed by atoms with van der Waals surface area (Å²) in [5.41, 5.74) is 0. The first-order valence-corrected chi connectivity index (χ1v) is 9.54. The van der Waals surface area contributed by atoms with Gasteiger partial charge in [-0.25, -0.2) is 9.26 Å². The Morgan fingerprint density at radius 1 is 0.667 bits per heavy atom. The molecule has 2 aromatic rings. The van der Waals surface area contributed by atoms with Crippen LogP contribution in [-0.4, -0.2) is 47.2 Å². The minimum atomic E-state index is -2.51. The summed E-state index contributed by atoms with van der Waals surface area (Å²) < 4.78 is 3.60. The number of nitro groups is 2. The molecule has 0 amide bonds. The highest BCUT2D eigenvalue weighted by Crippen LogP contribution is 2.34. The van der Waals surface area contributed by atoms with Crippen LogP contribution in [0.15, 0.2) is 29.7 Å². The Bertz CT molecular complexity index is 977. The molecule has 0 atom stereocenters. The van der Waals surface area contributed by atoms with Gasteiger partial charge in [-0.2, -0.15) is 0 Å². The standard InChI is InChI=1S/C6Br4N12O8/c7-5(8,21(25)26)19(23)13-3-1(15-29-17-3)11-12-2-4(18-30-16-2)14-20(24)6(9,10)22(27)28. The maximum absolute atomic E-state index is 11.8. The molecule has 0 saturated heterocycles. The monoisotopic (exact) mass is 684 g/mol. The molecule has 0 saturated carbocycles. The lowest BCUT2D eigenvalue weighted by Crippen LogP contribution is -2.33. The van der Waals surface area contributed by atoms with Crippen molar-refractivity contribution in [3.63, 3.8) is 0 Å². The normalized spacial score (nSPS) is 13.7. The molecule has 0 unspecified atom stereocenters. The molecule has 2 rings (SSSR count). The van der Waals surface area contributed by atoms with Gasteiger partial charge in [0.1, 0.15) is 73.6 Å². The molecule has 160 valence electrons. The fourth-order valence-corrected chi connectivity index (χ4v) is 1.45. The Morgan fingerprint density at radius 3 is 1.27 bits per heavy atom. The SMILES string of the molecule is O=[N+]([O-])C(Br)(Br)[N+]([O-])=Nc1nonc1N=Nc1nonc1N=[N+]([O-])C(Br)(Br)[N+](=O)[O-]. The van der Waals surface area contributed by atoms with Crippen LogP contribution in [0.5, 0.6) is 0 Å². The number of aromatic nitrogens is 4. The highest BCUT2D eigenvalue weighted by Gasteiger charge is 2.49. The Balaban J connectivity index is 2.33. The molecular weight excluding hydrogens is 688 g/mol. The van der Waals surface area contributed by atoms with Crippen molar-refractivity contribution in [3.05, 3.63) is 30.6 Å². The Hall–Kier alpha value is -2.60. The quantitative estimate of drug-likeness (QED) is 0.0735. The van der Waals surface area contributed by atoms with Gasteiger partial charge in [0.25, 0.3) is 11.6 Å². The fraction of sp³-hybridized carbons (Fsp3) is 0.333. The van der Waals surface area contributed by atoms with Gasteiger partial charge in [-0.3, -0.25) is 20.2 Å². The predicted octanol–water partition coefficient (Wildman–Crippen LogP) is 3.41. The molecule has 30 heavy (non-hydrogen) atoms. The first-order valence-electron chi connectivity index (χ1n) is 6.36. The molecule has 24 heteroatoms. The van der Waals surface area contributed by atoms with E-state index in [4.69, 9.17) is 0 Å². The number of nitrogens with zero attached hydrogens (tertiary/aromatic N) is 12. The first kappa shape index (κ1) is 23.7. The number of hydrogen-bond donors (Lipinski definition) is 0. The summed E-state index contributed by atoms with van der Waals surface area (Å²) in [6.07, 6.45) is 0. The van der Waals surface area contributed by atoms with Crippen LogP contribution in [0.3, 0.4) is 0 Å². The summed E-state index contributed by atoms with van der Waals surface area (Å²) in [4.78, 5) is 18.6. The Morgan fingerprint density at radius 2 is 0.967 bits per heavy atom. The molecule has 0 aliphatic heterocycles.